The number of carboxylic acid groups (broad SMARTS) is 1. The van der Waals surface area contributed by atoms with E-state index < -0.39 is 17.0 Å². The molecule has 38 heavy (non-hydrogen) atoms. The van der Waals surface area contributed by atoms with E-state index >= 15 is 0 Å². The van der Waals surface area contributed by atoms with Crippen molar-refractivity contribution in [1.29, 1.82) is 0 Å². The van der Waals surface area contributed by atoms with Crippen LogP contribution in [0.25, 0.3) is 0 Å². The molecule has 3 aromatic carbocycles. The molecule has 0 amide bonds. The van der Waals surface area contributed by atoms with Gasteiger partial charge in [-0.25, -0.2) is 0 Å². The summed E-state index contributed by atoms with van der Waals surface area (Å²) < 4.78 is 0. The van der Waals surface area contributed by atoms with Crippen molar-refractivity contribution in [2.24, 2.45) is 5.92 Å². The first-order valence-electron chi connectivity index (χ1n) is 13.2. The Morgan fingerprint density at radius 1 is 0.816 bits per heavy atom. The third-order valence-corrected chi connectivity index (χ3v) is 7.95. The molecule has 0 bridgehead atoms. The standard InChI is InChI=1S/C32H37NO4.Na/c1-31(2,30(35)36)25-17-15-24(16-18-25)29(34)14-9-21-33-22-19-28(20-23-33)32(37,26-10-5-3-6-11-26)27-12-7-4-8-13-27;/h3-8,10-13,15-18,28,37H,9,14,19-23H2,1-2H3,(H,35,36);. The normalized spacial score (nSPS) is 15.0. The molecule has 0 unspecified atom stereocenters. The van der Waals surface area contributed by atoms with E-state index in [9.17, 15) is 19.8 Å². The van der Waals surface area contributed by atoms with Crippen LogP contribution in [0.3, 0.4) is 0 Å². The molecular weight excluding hydrogens is 485 g/mol. The van der Waals surface area contributed by atoms with Gasteiger partial charge in [-0.1, -0.05) is 84.9 Å². The SMILES string of the molecule is CC(C)(C(=O)O)c1ccc(C(=O)CCCN2CCC(C(O)(c3ccccc3)c3ccccc3)CC2)cc1.[Na]. The molecule has 1 aliphatic rings. The Morgan fingerprint density at radius 3 is 1.79 bits per heavy atom. The molecule has 1 fully saturated rings. The van der Waals surface area contributed by atoms with E-state index in [0.29, 0.717) is 17.5 Å². The Balaban J connectivity index is 0.00000400. The molecule has 2 N–H and O–H groups in total. The van der Waals surface area contributed by atoms with Gasteiger partial charge in [-0.15, -0.1) is 0 Å². The van der Waals surface area contributed by atoms with Crippen LogP contribution in [0.15, 0.2) is 84.9 Å². The molecule has 6 heteroatoms. The van der Waals surface area contributed by atoms with Crippen LogP contribution >= 0.6 is 0 Å². The van der Waals surface area contributed by atoms with Crippen molar-refractivity contribution >= 4 is 41.3 Å². The van der Waals surface area contributed by atoms with E-state index in [0.717, 1.165) is 50.0 Å². The number of carbonyl (C=O) groups excluding carboxylic acids is 1. The van der Waals surface area contributed by atoms with E-state index in [1.807, 2.05) is 60.7 Å². The second-order valence-electron chi connectivity index (χ2n) is 10.6. The van der Waals surface area contributed by atoms with Gasteiger partial charge in [-0.2, -0.15) is 0 Å². The van der Waals surface area contributed by atoms with Crippen molar-refractivity contribution in [3.05, 3.63) is 107 Å². The molecule has 0 aromatic heterocycles. The van der Waals surface area contributed by atoms with Crippen LogP contribution in [0.5, 0.6) is 0 Å². The van der Waals surface area contributed by atoms with Gasteiger partial charge in [0, 0.05) is 41.5 Å². The second-order valence-corrected chi connectivity index (χ2v) is 10.6. The first-order chi connectivity index (χ1) is 17.7. The summed E-state index contributed by atoms with van der Waals surface area (Å²) in [5, 5.41) is 21.4. The van der Waals surface area contributed by atoms with Crippen LogP contribution in [0.2, 0.25) is 0 Å². The number of Topliss-reactive ketones (excluding diaryl/α,β-unsaturated/α-hetero) is 1. The number of piperidine rings is 1. The average Bonchev–Trinajstić information content (AvgIpc) is 2.94. The van der Waals surface area contributed by atoms with Crippen molar-refractivity contribution in [1.82, 2.24) is 4.90 Å². The molecule has 4 rings (SSSR count). The fourth-order valence-electron chi connectivity index (χ4n) is 5.40. The summed E-state index contributed by atoms with van der Waals surface area (Å²) in [6.07, 6.45) is 3.00. The second kappa shape index (κ2) is 13.2. The first kappa shape index (κ1) is 30.3. The maximum Gasteiger partial charge on any atom is 0.313 e. The van der Waals surface area contributed by atoms with E-state index in [1.165, 1.54) is 0 Å². The van der Waals surface area contributed by atoms with Crippen molar-refractivity contribution in [3.63, 3.8) is 0 Å². The van der Waals surface area contributed by atoms with E-state index in [2.05, 4.69) is 4.90 Å². The molecule has 0 atom stereocenters. The number of benzene rings is 3. The fourth-order valence-corrected chi connectivity index (χ4v) is 5.40. The van der Waals surface area contributed by atoms with Crippen molar-refractivity contribution in [2.75, 3.05) is 19.6 Å². The summed E-state index contributed by atoms with van der Waals surface area (Å²) in [5.41, 5.74) is 1.17. The number of hydrogen-bond acceptors (Lipinski definition) is 4. The summed E-state index contributed by atoms with van der Waals surface area (Å²) in [5.74, 6) is -0.692. The zero-order valence-electron chi connectivity index (χ0n) is 22.8. The van der Waals surface area contributed by atoms with E-state index in [1.54, 1.807) is 38.1 Å². The van der Waals surface area contributed by atoms with Gasteiger partial charge >= 0.3 is 5.97 Å². The van der Waals surface area contributed by atoms with Gasteiger partial charge in [0.1, 0.15) is 5.60 Å². The molecular formula is C32H37NNaO4. The van der Waals surface area contributed by atoms with Gasteiger partial charge in [0.2, 0.25) is 0 Å². The Kier molecular flexibility index (Phi) is 10.5. The molecule has 3 aromatic rings. The topological polar surface area (TPSA) is 77.8 Å². The number of carboxylic acids is 1. The average molecular weight is 523 g/mol. The predicted molar refractivity (Wildman–Crippen MR) is 151 cm³/mol. The molecule has 1 saturated heterocycles. The van der Waals surface area contributed by atoms with Crippen molar-refractivity contribution < 1.29 is 19.8 Å². The summed E-state index contributed by atoms with van der Waals surface area (Å²) in [7, 11) is 0. The summed E-state index contributed by atoms with van der Waals surface area (Å²) in [4.78, 5) is 26.6. The third kappa shape index (κ3) is 6.64. The maximum absolute atomic E-state index is 12.7. The van der Waals surface area contributed by atoms with Gasteiger partial charge in [-0.05, 0) is 75.4 Å². The van der Waals surface area contributed by atoms with Gasteiger partial charge in [0.05, 0.1) is 5.41 Å². The van der Waals surface area contributed by atoms with Gasteiger partial charge < -0.3 is 15.1 Å². The van der Waals surface area contributed by atoms with Crippen LogP contribution in [-0.2, 0) is 15.8 Å². The first-order valence-corrected chi connectivity index (χ1v) is 13.2. The Labute approximate surface area is 248 Å². The van der Waals surface area contributed by atoms with Crippen molar-refractivity contribution in [3.8, 4) is 0 Å². The minimum absolute atomic E-state index is 0. The summed E-state index contributed by atoms with van der Waals surface area (Å²) in [6.45, 7) is 5.95. The number of hydrogen-bond donors (Lipinski definition) is 2. The maximum atomic E-state index is 12.7. The fraction of sp³-hybridized carbons (Fsp3) is 0.375. The zero-order chi connectivity index (χ0) is 26.5. The molecule has 1 aliphatic heterocycles. The molecule has 195 valence electrons. The van der Waals surface area contributed by atoms with Gasteiger partial charge in [-0.3, -0.25) is 9.59 Å². The van der Waals surface area contributed by atoms with Crippen LogP contribution in [0.4, 0.5) is 0 Å². The number of likely N-dealkylation sites (tertiary alicyclic amines) is 1. The largest absolute Gasteiger partial charge is 0.481 e. The van der Waals surface area contributed by atoms with Crippen LogP contribution in [-0.4, -0.2) is 76.1 Å². The molecule has 0 saturated carbocycles. The summed E-state index contributed by atoms with van der Waals surface area (Å²) in [6, 6.07) is 26.9. The minimum Gasteiger partial charge on any atom is -0.481 e. The molecule has 5 nitrogen and oxygen atoms in total. The smallest absolute Gasteiger partial charge is 0.313 e. The van der Waals surface area contributed by atoms with Gasteiger partial charge in [0.15, 0.2) is 5.78 Å². The monoisotopic (exact) mass is 522 g/mol. The number of aliphatic carboxylic acids is 1. The van der Waals surface area contributed by atoms with Crippen LogP contribution in [0.1, 0.15) is 66.6 Å². The molecule has 0 aliphatic carbocycles. The third-order valence-electron chi connectivity index (χ3n) is 7.95. The Morgan fingerprint density at radius 2 is 1.32 bits per heavy atom. The predicted octanol–water partition coefficient (Wildman–Crippen LogP) is 5.28. The quantitative estimate of drug-likeness (QED) is 0.280. The van der Waals surface area contributed by atoms with E-state index in [-0.39, 0.29) is 41.3 Å². The number of carbonyl (C=O) groups is 2. The number of aliphatic hydroxyl groups is 1. The number of rotatable bonds is 10. The van der Waals surface area contributed by atoms with Crippen LogP contribution < -0.4 is 0 Å². The van der Waals surface area contributed by atoms with Crippen LogP contribution in [0, 0.1) is 5.92 Å². The number of ketones is 1. The zero-order valence-corrected chi connectivity index (χ0v) is 24.8. The Bertz CT molecular complexity index is 1150. The molecule has 0 spiro atoms. The van der Waals surface area contributed by atoms with E-state index in [4.69, 9.17) is 0 Å². The Hall–Kier alpha value is -2.28. The number of nitrogens with zero attached hydrogens (tertiary/aromatic N) is 1. The van der Waals surface area contributed by atoms with Gasteiger partial charge in [0.25, 0.3) is 0 Å². The molecule has 1 heterocycles. The molecule has 1 radical (unpaired) electrons. The minimum atomic E-state index is -1.02. The van der Waals surface area contributed by atoms with Crippen molar-refractivity contribution in [2.45, 2.75) is 50.5 Å². The summed E-state index contributed by atoms with van der Waals surface area (Å²) >= 11 is 0.